The standard InChI is InChI=1S/C15H20/c1-4-13(2)10-11-14(3)12-15-8-6-5-7-9-15/h5-11H,4,12H2,1-3H3/b13-10+,14-11+. The van der Waals surface area contributed by atoms with E-state index < -0.39 is 0 Å². The number of rotatable bonds is 4. The van der Waals surface area contributed by atoms with Gasteiger partial charge in [-0.2, -0.15) is 0 Å². The van der Waals surface area contributed by atoms with E-state index in [2.05, 4.69) is 63.3 Å². The zero-order valence-electron chi connectivity index (χ0n) is 9.96. The third-order valence-corrected chi connectivity index (χ3v) is 2.54. The maximum Gasteiger partial charge on any atom is -0.00668 e. The SMILES string of the molecule is CC/C(C)=C/C=C(\C)Cc1ccccc1. The van der Waals surface area contributed by atoms with Crippen LogP contribution in [0.4, 0.5) is 0 Å². The van der Waals surface area contributed by atoms with E-state index in [1.807, 2.05) is 0 Å². The molecule has 0 saturated heterocycles. The first-order valence-corrected chi connectivity index (χ1v) is 5.59. The van der Waals surface area contributed by atoms with Crippen molar-refractivity contribution in [2.45, 2.75) is 33.6 Å². The average Bonchev–Trinajstić information content (AvgIpc) is 2.27. The Balaban J connectivity index is 2.60. The fourth-order valence-corrected chi connectivity index (χ4v) is 1.38. The number of hydrogen-bond donors (Lipinski definition) is 0. The van der Waals surface area contributed by atoms with Crippen LogP contribution in [0, 0.1) is 0 Å². The van der Waals surface area contributed by atoms with Crippen LogP contribution in [0.25, 0.3) is 0 Å². The van der Waals surface area contributed by atoms with Crippen LogP contribution in [0.2, 0.25) is 0 Å². The van der Waals surface area contributed by atoms with Crippen LogP contribution in [-0.2, 0) is 6.42 Å². The monoisotopic (exact) mass is 200 g/mol. The molecule has 0 aliphatic heterocycles. The van der Waals surface area contributed by atoms with Gasteiger partial charge in [0.15, 0.2) is 0 Å². The third-order valence-electron chi connectivity index (χ3n) is 2.54. The van der Waals surface area contributed by atoms with Gasteiger partial charge in [0.1, 0.15) is 0 Å². The minimum atomic E-state index is 1.05. The van der Waals surface area contributed by atoms with Crippen LogP contribution < -0.4 is 0 Å². The van der Waals surface area contributed by atoms with Gasteiger partial charge in [-0.15, -0.1) is 0 Å². The maximum absolute atomic E-state index is 2.23. The van der Waals surface area contributed by atoms with Crippen molar-refractivity contribution < 1.29 is 0 Å². The molecule has 1 rings (SSSR count). The Labute approximate surface area is 93.3 Å². The Kier molecular flexibility index (Phi) is 4.89. The molecule has 0 N–H and O–H groups in total. The summed E-state index contributed by atoms with van der Waals surface area (Å²) < 4.78 is 0. The van der Waals surface area contributed by atoms with Gasteiger partial charge in [0.05, 0.1) is 0 Å². The molecule has 0 atom stereocenters. The van der Waals surface area contributed by atoms with Crippen molar-refractivity contribution >= 4 is 0 Å². The second kappa shape index (κ2) is 6.23. The van der Waals surface area contributed by atoms with Crippen molar-refractivity contribution in [2.75, 3.05) is 0 Å². The molecule has 0 heteroatoms. The summed E-state index contributed by atoms with van der Waals surface area (Å²) in [6.45, 7) is 6.55. The van der Waals surface area contributed by atoms with Gasteiger partial charge in [-0.05, 0) is 32.3 Å². The van der Waals surface area contributed by atoms with E-state index in [1.165, 1.54) is 16.7 Å². The molecule has 0 saturated carbocycles. The average molecular weight is 200 g/mol. The lowest BCUT2D eigenvalue weighted by Crippen LogP contribution is -1.85. The first-order valence-electron chi connectivity index (χ1n) is 5.59. The molecule has 0 aromatic heterocycles. The summed E-state index contributed by atoms with van der Waals surface area (Å²) >= 11 is 0. The van der Waals surface area contributed by atoms with Crippen LogP contribution in [0.1, 0.15) is 32.8 Å². The van der Waals surface area contributed by atoms with Crippen molar-refractivity contribution in [3.8, 4) is 0 Å². The minimum Gasteiger partial charge on any atom is -0.0736 e. The van der Waals surface area contributed by atoms with Crippen LogP contribution in [-0.4, -0.2) is 0 Å². The highest BCUT2D eigenvalue weighted by Gasteiger charge is 1.92. The molecule has 0 spiro atoms. The van der Waals surface area contributed by atoms with Gasteiger partial charge in [0.2, 0.25) is 0 Å². The van der Waals surface area contributed by atoms with Gasteiger partial charge in [-0.1, -0.05) is 60.6 Å². The molecule has 0 amide bonds. The second-order valence-corrected chi connectivity index (χ2v) is 4.04. The third kappa shape index (κ3) is 4.64. The Morgan fingerprint density at radius 2 is 1.60 bits per heavy atom. The molecule has 0 unspecified atom stereocenters. The van der Waals surface area contributed by atoms with Gasteiger partial charge >= 0.3 is 0 Å². The van der Waals surface area contributed by atoms with E-state index in [1.54, 1.807) is 0 Å². The number of benzene rings is 1. The van der Waals surface area contributed by atoms with Gasteiger partial charge in [-0.25, -0.2) is 0 Å². The van der Waals surface area contributed by atoms with Crippen LogP contribution in [0.3, 0.4) is 0 Å². The molecule has 0 aliphatic rings. The van der Waals surface area contributed by atoms with E-state index in [9.17, 15) is 0 Å². The van der Waals surface area contributed by atoms with Gasteiger partial charge in [-0.3, -0.25) is 0 Å². The molecular formula is C15H20. The Morgan fingerprint density at radius 1 is 1.00 bits per heavy atom. The fraction of sp³-hybridized carbons (Fsp3) is 0.333. The maximum atomic E-state index is 2.23. The highest BCUT2D eigenvalue weighted by atomic mass is 14.0. The van der Waals surface area contributed by atoms with E-state index in [0.29, 0.717) is 0 Å². The second-order valence-electron chi connectivity index (χ2n) is 4.04. The molecule has 15 heavy (non-hydrogen) atoms. The van der Waals surface area contributed by atoms with E-state index in [0.717, 1.165) is 12.8 Å². The highest BCUT2D eigenvalue weighted by molar-refractivity contribution is 5.24. The quantitative estimate of drug-likeness (QED) is 0.626. The summed E-state index contributed by atoms with van der Waals surface area (Å²) in [5, 5.41) is 0. The normalized spacial score (nSPS) is 13.0. The largest absolute Gasteiger partial charge is 0.0736 e. The summed E-state index contributed by atoms with van der Waals surface area (Å²) in [5.74, 6) is 0. The van der Waals surface area contributed by atoms with Crippen LogP contribution in [0.15, 0.2) is 53.6 Å². The van der Waals surface area contributed by atoms with Crippen molar-refractivity contribution in [3.63, 3.8) is 0 Å². The molecule has 0 heterocycles. The summed E-state index contributed by atoms with van der Waals surface area (Å²) in [4.78, 5) is 0. The molecule has 0 fully saturated rings. The van der Waals surface area contributed by atoms with E-state index >= 15 is 0 Å². The summed E-state index contributed by atoms with van der Waals surface area (Å²) in [7, 11) is 0. The Morgan fingerprint density at radius 3 is 2.20 bits per heavy atom. The molecule has 1 aromatic rings. The van der Waals surface area contributed by atoms with Crippen molar-refractivity contribution in [1.82, 2.24) is 0 Å². The smallest absolute Gasteiger partial charge is 0.00668 e. The van der Waals surface area contributed by atoms with E-state index in [-0.39, 0.29) is 0 Å². The van der Waals surface area contributed by atoms with Crippen LogP contribution >= 0.6 is 0 Å². The van der Waals surface area contributed by atoms with Gasteiger partial charge in [0, 0.05) is 0 Å². The Hall–Kier alpha value is -1.30. The first-order chi connectivity index (χ1) is 7.22. The van der Waals surface area contributed by atoms with Crippen LogP contribution in [0.5, 0.6) is 0 Å². The summed E-state index contributed by atoms with van der Waals surface area (Å²) in [6, 6.07) is 10.6. The molecular weight excluding hydrogens is 180 g/mol. The predicted molar refractivity (Wildman–Crippen MR) is 68.0 cm³/mol. The number of allylic oxidation sites excluding steroid dienone is 4. The van der Waals surface area contributed by atoms with Gasteiger partial charge in [0.25, 0.3) is 0 Å². The zero-order chi connectivity index (χ0) is 11.1. The predicted octanol–water partition coefficient (Wildman–Crippen LogP) is 4.53. The molecule has 0 aliphatic carbocycles. The molecule has 0 nitrogen and oxygen atoms in total. The molecule has 1 aromatic carbocycles. The molecule has 0 radical (unpaired) electrons. The summed E-state index contributed by atoms with van der Waals surface area (Å²) in [5.41, 5.74) is 4.23. The lowest BCUT2D eigenvalue weighted by molar-refractivity contribution is 1.09. The zero-order valence-corrected chi connectivity index (χ0v) is 9.96. The fourth-order valence-electron chi connectivity index (χ4n) is 1.38. The summed E-state index contributed by atoms with van der Waals surface area (Å²) in [6.07, 6.45) is 6.63. The van der Waals surface area contributed by atoms with Crippen molar-refractivity contribution in [1.29, 1.82) is 0 Å². The van der Waals surface area contributed by atoms with E-state index in [4.69, 9.17) is 0 Å². The van der Waals surface area contributed by atoms with Crippen molar-refractivity contribution in [2.24, 2.45) is 0 Å². The molecule has 80 valence electrons. The number of hydrogen-bond acceptors (Lipinski definition) is 0. The highest BCUT2D eigenvalue weighted by Crippen LogP contribution is 2.08. The molecule has 0 bridgehead atoms. The minimum absolute atomic E-state index is 1.05. The first kappa shape index (κ1) is 11.8. The van der Waals surface area contributed by atoms with Crippen molar-refractivity contribution in [3.05, 3.63) is 59.2 Å². The lowest BCUT2D eigenvalue weighted by Gasteiger charge is -2.00. The van der Waals surface area contributed by atoms with Gasteiger partial charge < -0.3 is 0 Å². The topological polar surface area (TPSA) is 0 Å². The Bertz CT molecular complexity index is 342. The lowest BCUT2D eigenvalue weighted by atomic mass is 10.1.